The van der Waals surface area contributed by atoms with Crippen LogP contribution in [0.15, 0.2) is 24.9 Å². The third-order valence-electron chi connectivity index (χ3n) is 4.68. The molecular weight excluding hydrogens is 306 g/mol. The number of aromatic nitrogens is 2. The van der Waals surface area contributed by atoms with Crippen LogP contribution in [0.1, 0.15) is 44.8 Å². The highest BCUT2D eigenvalue weighted by atomic mass is 16.6. The number of carbonyl (C=O) groups is 1. The molecule has 1 saturated heterocycles. The van der Waals surface area contributed by atoms with Gasteiger partial charge in [0.05, 0.1) is 43.2 Å². The number of ether oxygens (including phenoxy) is 2. The van der Waals surface area contributed by atoms with Crippen molar-refractivity contribution >= 4 is 5.91 Å². The highest BCUT2D eigenvalue weighted by molar-refractivity contribution is 5.86. The molecule has 0 aromatic carbocycles. The maximum absolute atomic E-state index is 12.3. The van der Waals surface area contributed by atoms with Crippen molar-refractivity contribution in [1.82, 2.24) is 14.7 Å². The molecule has 1 amide bonds. The molecule has 6 nitrogen and oxygen atoms in total. The zero-order valence-electron chi connectivity index (χ0n) is 14.6. The van der Waals surface area contributed by atoms with Crippen LogP contribution < -0.4 is 0 Å². The van der Waals surface area contributed by atoms with Crippen LogP contribution in [0.5, 0.6) is 0 Å². The van der Waals surface area contributed by atoms with Crippen molar-refractivity contribution in [3.63, 3.8) is 0 Å². The van der Waals surface area contributed by atoms with Gasteiger partial charge in [0.1, 0.15) is 0 Å². The zero-order valence-corrected chi connectivity index (χ0v) is 14.6. The van der Waals surface area contributed by atoms with E-state index in [0.717, 1.165) is 18.5 Å². The lowest BCUT2D eigenvalue weighted by molar-refractivity contribution is -0.188. The minimum Gasteiger partial charge on any atom is -0.376 e. The molecule has 2 aliphatic rings. The van der Waals surface area contributed by atoms with Gasteiger partial charge in [-0.25, -0.2) is 0 Å². The van der Waals surface area contributed by atoms with Crippen molar-refractivity contribution < 1.29 is 14.3 Å². The number of carbonyl (C=O) groups excluding carboxylic acids is 1. The molecule has 1 aliphatic heterocycles. The largest absolute Gasteiger partial charge is 0.376 e. The molecule has 2 heterocycles. The highest BCUT2D eigenvalue weighted by Gasteiger charge is 2.31. The highest BCUT2D eigenvalue weighted by Crippen LogP contribution is 2.32. The zero-order chi connectivity index (χ0) is 17.2. The SMILES string of the molecule is C=CC(=O)N(Cc1ccnn1C1CCC1)CC1COCC(C)(C)O1. The summed E-state index contributed by atoms with van der Waals surface area (Å²) in [6, 6.07) is 2.47. The Hall–Kier alpha value is -1.66. The molecule has 0 N–H and O–H groups in total. The monoisotopic (exact) mass is 333 g/mol. The molecular formula is C18H27N3O3. The van der Waals surface area contributed by atoms with E-state index in [1.54, 1.807) is 4.90 Å². The molecule has 2 fully saturated rings. The van der Waals surface area contributed by atoms with Gasteiger partial charge in [-0.15, -0.1) is 0 Å². The molecule has 1 aromatic rings. The van der Waals surface area contributed by atoms with Crippen LogP contribution in [-0.4, -0.2) is 52.1 Å². The number of rotatable bonds is 6. The number of amides is 1. The van der Waals surface area contributed by atoms with Crippen molar-refractivity contribution in [3.8, 4) is 0 Å². The van der Waals surface area contributed by atoms with Gasteiger partial charge in [-0.05, 0) is 45.3 Å². The summed E-state index contributed by atoms with van der Waals surface area (Å²) >= 11 is 0. The minimum atomic E-state index is -0.320. The lowest BCUT2D eigenvalue weighted by atomic mass is 9.93. The first-order valence-electron chi connectivity index (χ1n) is 8.68. The van der Waals surface area contributed by atoms with Crippen LogP contribution >= 0.6 is 0 Å². The van der Waals surface area contributed by atoms with Gasteiger partial charge < -0.3 is 14.4 Å². The Kier molecular flexibility index (Phi) is 5.06. The fraction of sp³-hybridized carbons (Fsp3) is 0.667. The van der Waals surface area contributed by atoms with E-state index in [0.29, 0.717) is 32.3 Å². The van der Waals surface area contributed by atoms with Crippen LogP contribution in [-0.2, 0) is 20.8 Å². The number of nitrogens with zero attached hydrogens (tertiary/aromatic N) is 3. The quantitative estimate of drug-likeness (QED) is 0.750. The number of hydrogen-bond donors (Lipinski definition) is 0. The molecule has 24 heavy (non-hydrogen) atoms. The summed E-state index contributed by atoms with van der Waals surface area (Å²) in [6.07, 6.45) is 6.63. The Morgan fingerprint density at radius 2 is 2.33 bits per heavy atom. The summed E-state index contributed by atoms with van der Waals surface area (Å²) < 4.78 is 13.7. The van der Waals surface area contributed by atoms with Gasteiger partial charge in [-0.1, -0.05) is 6.58 Å². The van der Waals surface area contributed by atoms with Gasteiger partial charge in [0, 0.05) is 12.7 Å². The van der Waals surface area contributed by atoms with Gasteiger partial charge in [0.2, 0.25) is 5.91 Å². The first-order chi connectivity index (χ1) is 11.5. The molecule has 1 aliphatic carbocycles. The van der Waals surface area contributed by atoms with E-state index in [4.69, 9.17) is 9.47 Å². The lowest BCUT2D eigenvalue weighted by Gasteiger charge is -2.38. The summed E-state index contributed by atoms with van der Waals surface area (Å²) in [5.74, 6) is -0.0941. The second kappa shape index (κ2) is 7.07. The predicted octanol–water partition coefficient (Wildman–Crippen LogP) is 2.32. The van der Waals surface area contributed by atoms with Gasteiger partial charge in [-0.3, -0.25) is 9.48 Å². The fourth-order valence-corrected chi connectivity index (χ4v) is 3.28. The summed E-state index contributed by atoms with van der Waals surface area (Å²) in [5.41, 5.74) is 0.741. The van der Waals surface area contributed by atoms with Crippen LogP contribution in [0.3, 0.4) is 0 Å². The Balaban J connectivity index is 1.69. The molecule has 0 radical (unpaired) electrons. The van der Waals surface area contributed by atoms with E-state index in [1.165, 1.54) is 12.5 Å². The van der Waals surface area contributed by atoms with E-state index in [1.807, 2.05) is 26.1 Å². The van der Waals surface area contributed by atoms with E-state index in [9.17, 15) is 4.79 Å². The standard InChI is InChI=1S/C18H27N3O3/c1-4-17(22)20(11-16-12-23-13-18(2,3)24-16)10-15-8-9-19-21(15)14-6-5-7-14/h4,8-9,14,16H,1,5-7,10-13H2,2-3H3. The van der Waals surface area contributed by atoms with E-state index in [-0.39, 0.29) is 17.6 Å². The summed E-state index contributed by atoms with van der Waals surface area (Å²) in [7, 11) is 0. The van der Waals surface area contributed by atoms with Gasteiger partial charge in [0.15, 0.2) is 0 Å². The average molecular weight is 333 g/mol. The Labute approximate surface area is 143 Å². The van der Waals surface area contributed by atoms with E-state index < -0.39 is 0 Å². The fourth-order valence-electron chi connectivity index (χ4n) is 3.28. The third kappa shape index (κ3) is 3.87. The van der Waals surface area contributed by atoms with Crippen LogP contribution in [0.2, 0.25) is 0 Å². The van der Waals surface area contributed by atoms with Crippen molar-refractivity contribution in [1.29, 1.82) is 0 Å². The molecule has 0 spiro atoms. The molecule has 3 rings (SSSR count). The summed E-state index contributed by atoms with van der Waals surface area (Å²) in [4.78, 5) is 14.1. The molecule has 6 heteroatoms. The topological polar surface area (TPSA) is 56.6 Å². The number of hydrogen-bond acceptors (Lipinski definition) is 4. The van der Waals surface area contributed by atoms with Crippen molar-refractivity contribution in [3.05, 3.63) is 30.6 Å². The Morgan fingerprint density at radius 3 is 2.96 bits per heavy atom. The van der Waals surface area contributed by atoms with Crippen LogP contribution in [0.4, 0.5) is 0 Å². The molecule has 0 bridgehead atoms. The Morgan fingerprint density at radius 1 is 1.54 bits per heavy atom. The van der Waals surface area contributed by atoms with Gasteiger partial charge >= 0.3 is 0 Å². The molecule has 1 saturated carbocycles. The smallest absolute Gasteiger partial charge is 0.246 e. The molecule has 1 aromatic heterocycles. The van der Waals surface area contributed by atoms with Crippen molar-refractivity contribution in [2.45, 2.75) is 57.4 Å². The van der Waals surface area contributed by atoms with E-state index in [2.05, 4.69) is 16.4 Å². The molecule has 1 atom stereocenters. The maximum atomic E-state index is 12.3. The normalized spacial score (nSPS) is 23.5. The predicted molar refractivity (Wildman–Crippen MR) is 90.5 cm³/mol. The van der Waals surface area contributed by atoms with E-state index >= 15 is 0 Å². The minimum absolute atomic E-state index is 0.0941. The summed E-state index contributed by atoms with van der Waals surface area (Å²) in [6.45, 7) is 9.73. The molecule has 1 unspecified atom stereocenters. The third-order valence-corrected chi connectivity index (χ3v) is 4.68. The molecule has 132 valence electrons. The van der Waals surface area contributed by atoms with Gasteiger partial charge in [-0.2, -0.15) is 5.10 Å². The van der Waals surface area contributed by atoms with Gasteiger partial charge in [0.25, 0.3) is 0 Å². The average Bonchev–Trinajstić information content (AvgIpc) is 2.91. The Bertz CT molecular complexity index is 592. The second-order valence-corrected chi connectivity index (χ2v) is 7.29. The van der Waals surface area contributed by atoms with Crippen LogP contribution in [0.25, 0.3) is 0 Å². The lowest BCUT2D eigenvalue weighted by Crippen LogP contribution is -2.49. The van der Waals surface area contributed by atoms with Crippen molar-refractivity contribution in [2.24, 2.45) is 0 Å². The first-order valence-corrected chi connectivity index (χ1v) is 8.68. The van der Waals surface area contributed by atoms with Crippen LogP contribution in [0, 0.1) is 0 Å². The first kappa shape index (κ1) is 17.2. The second-order valence-electron chi connectivity index (χ2n) is 7.29. The summed E-state index contributed by atoms with van der Waals surface area (Å²) in [5, 5.41) is 4.44. The maximum Gasteiger partial charge on any atom is 0.246 e. The van der Waals surface area contributed by atoms with Crippen molar-refractivity contribution in [2.75, 3.05) is 19.8 Å².